The average Bonchev–Trinajstić information content (AvgIpc) is 2.82. The summed E-state index contributed by atoms with van der Waals surface area (Å²) in [6.45, 7) is 4.35. The van der Waals surface area contributed by atoms with Gasteiger partial charge in [-0.2, -0.15) is 0 Å². The normalized spacial score (nSPS) is 29.8. The number of hydrogen-bond acceptors (Lipinski definition) is 2. The van der Waals surface area contributed by atoms with Crippen LogP contribution in [0.3, 0.4) is 0 Å². The fourth-order valence-electron chi connectivity index (χ4n) is 3.48. The molecule has 2 aliphatic heterocycles. The fourth-order valence-corrected chi connectivity index (χ4v) is 3.48. The molecule has 1 aromatic carbocycles. The van der Waals surface area contributed by atoms with Crippen molar-refractivity contribution in [1.82, 2.24) is 4.90 Å². The summed E-state index contributed by atoms with van der Waals surface area (Å²) in [6.07, 6.45) is 4.33. The second-order valence-electron chi connectivity index (χ2n) is 5.93. The van der Waals surface area contributed by atoms with Crippen molar-refractivity contribution in [2.24, 2.45) is 0 Å². The van der Waals surface area contributed by atoms with E-state index >= 15 is 0 Å². The molecular formula is C16H22N2O. The standard InChI is InChI=1S/C16H22N2O/c1-11-6-5-7-12(2)18(11)16(19)15-10-13-8-3-4-9-14(13)17-15/h3-4,8-9,11-12,15,17H,5-7,10H2,1-2H3/t11-,12+,15?. The van der Waals surface area contributed by atoms with E-state index in [0.29, 0.717) is 12.1 Å². The smallest absolute Gasteiger partial charge is 0.245 e. The van der Waals surface area contributed by atoms with Gasteiger partial charge in [-0.05, 0) is 44.7 Å². The minimum atomic E-state index is -0.0691. The zero-order valence-electron chi connectivity index (χ0n) is 11.7. The van der Waals surface area contributed by atoms with Crippen molar-refractivity contribution in [1.29, 1.82) is 0 Å². The molecule has 0 spiro atoms. The van der Waals surface area contributed by atoms with E-state index < -0.39 is 0 Å². The Morgan fingerprint density at radius 1 is 1.21 bits per heavy atom. The summed E-state index contributed by atoms with van der Waals surface area (Å²) < 4.78 is 0. The third-order valence-corrected chi connectivity index (χ3v) is 4.52. The van der Waals surface area contributed by atoms with E-state index in [4.69, 9.17) is 0 Å². The Labute approximate surface area is 115 Å². The molecule has 1 saturated heterocycles. The second kappa shape index (κ2) is 4.87. The summed E-state index contributed by atoms with van der Waals surface area (Å²) in [5, 5.41) is 3.38. The first kappa shape index (κ1) is 12.5. The number of piperidine rings is 1. The Bertz CT molecular complexity index is 450. The zero-order valence-corrected chi connectivity index (χ0v) is 11.7. The number of nitrogens with zero attached hydrogens (tertiary/aromatic N) is 1. The highest BCUT2D eigenvalue weighted by atomic mass is 16.2. The first-order valence-corrected chi connectivity index (χ1v) is 7.33. The zero-order chi connectivity index (χ0) is 13.4. The van der Waals surface area contributed by atoms with E-state index in [1.165, 1.54) is 12.0 Å². The van der Waals surface area contributed by atoms with Crippen molar-refractivity contribution in [3.63, 3.8) is 0 Å². The highest BCUT2D eigenvalue weighted by Crippen LogP contribution is 2.29. The number of amides is 1. The topological polar surface area (TPSA) is 32.3 Å². The summed E-state index contributed by atoms with van der Waals surface area (Å²) >= 11 is 0. The van der Waals surface area contributed by atoms with E-state index in [-0.39, 0.29) is 11.9 Å². The van der Waals surface area contributed by atoms with Crippen LogP contribution in [0.1, 0.15) is 38.7 Å². The highest BCUT2D eigenvalue weighted by molar-refractivity contribution is 5.88. The molecule has 19 heavy (non-hydrogen) atoms. The van der Waals surface area contributed by atoms with E-state index in [0.717, 1.165) is 24.9 Å². The maximum atomic E-state index is 12.8. The lowest BCUT2D eigenvalue weighted by Crippen LogP contribution is -2.52. The molecule has 3 atom stereocenters. The summed E-state index contributed by atoms with van der Waals surface area (Å²) in [7, 11) is 0. The molecule has 1 aromatic rings. The van der Waals surface area contributed by atoms with Gasteiger partial charge in [-0.1, -0.05) is 18.2 Å². The van der Waals surface area contributed by atoms with Crippen molar-refractivity contribution in [3.8, 4) is 0 Å². The lowest BCUT2D eigenvalue weighted by molar-refractivity contribution is -0.137. The molecule has 102 valence electrons. The van der Waals surface area contributed by atoms with Crippen molar-refractivity contribution in [2.45, 2.75) is 57.7 Å². The minimum absolute atomic E-state index is 0.0691. The Morgan fingerprint density at radius 2 is 1.89 bits per heavy atom. The minimum Gasteiger partial charge on any atom is -0.373 e. The van der Waals surface area contributed by atoms with Gasteiger partial charge in [0.25, 0.3) is 0 Å². The Kier molecular flexibility index (Phi) is 3.21. The van der Waals surface area contributed by atoms with Gasteiger partial charge >= 0.3 is 0 Å². The van der Waals surface area contributed by atoms with Gasteiger partial charge in [-0.3, -0.25) is 4.79 Å². The van der Waals surface area contributed by atoms with Gasteiger partial charge in [0.2, 0.25) is 5.91 Å². The van der Waals surface area contributed by atoms with E-state index in [2.05, 4.69) is 36.2 Å². The van der Waals surface area contributed by atoms with Crippen LogP contribution >= 0.6 is 0 Å². The van der Waals surface area contributed by atoms with E-state index in [1.54, 1.807) is 0 Å². The molecule has 0 aliphatic carbocycles. The summed E-state index contributed by atoms with van der Waals surface area (Å²) in [5.74, 6) is 0.274. The molecule has 0 aromatic heterocycles. The van der Waals surface area contributed by atoms with Crippen LogP contribution in [0.4, 0.5) is 5.69 Å². The number of carbonyl (C=O) groups is 1. The van der Waals surface area contributed by atoms with Crippen LogP contribution in [0.2, 0.25) is 0 Å². The van der Waals surface area contributed by atoms with Crippen LogP contribution in [0, 0.1) is 0 Å². The number of likely N-dealkylation sites (tertiary alicyclic amines) is 1. The van der Waals surface area contributed by atoms with Crippen molar-refractivity contribution in [3.05, 3.63) is 29.8 Å². The Hall–Kier alpha value is -1.51. The van der Waals surface area contributed by atoms with Gasteiger partial charge < -0.3 is 10.2 Å². The third kappa shape index (κ3) is 2.22. The Morgan fingerprint density at radius 3 is 2.58 bits per heavy atom. The van der Waals surface area contributed by atoms with Gasteiger partial charge in [0.1, 0.15) is 6.04 Å². The van der Waals surface area contributed by atoms with Crippen LogP contribution < -0.4 is 5.32 Å². The summed E-state index contributed by atoms with van der Waals surface area (Å²) in [6, 6.07) is 8.92. The fraction of sp³-hybridized carbons (Fsp3) is 0.562. The van der Waals surface area contributed by atoms with Gasteiger partial charge in [0.05, 0.1) is 0 Å². The number of anilines is 1. The number of para-hydroxylation sites is 1. The first-order chi connectivity index (χ1) is 9.16. The van der Waals surface area contributed by atoms with Crippen LogP contribution in [0.25, 0.3) is 0 Å². The molecule has 3 rings (SSSR count). The van der Waals surface area contributed by atoms with Gasteiger partial charge in [-0.25, -0.2) is 0 Å². The lowest BCUT2D eigenvalue weighted by atomic mass is 9.96. The van der Waals surface area contributed by atoms with Crippen LogP contribution in [-0.2, 0) is 11.2 Å². The molecule has 0 bridgehead atoms. The third-order valence-electron chi connectivity index (χ3n) is 4.52. The molecule has 1 amide bonds. The number of hydrogen-bond donors (Lipinski definition) is 1. The molecule has 1 fully saturated rings. The van der Waals surface area contributed by atoms with Crippen LogP contribution in [-0.4, -0.2) is 28.9 Å². The average molecular weight is 258 g/mol. The SMILES string of the molecule is C[C@@H]1CCC[C@H](C)N1C(=O)C1Cc2ccccc2N1. The molecule has 0 saturated carbocycles. The highest BCUT2D eigenvalue weighted by Gasteiger charge is 2.35. The maximum Gasteiger partial charge on any atom is 0.245 e. The lowest BCUT2D eigenvalue weighted by Gasteiger charge is -2.40. The molecule has 3 heteroatoms. The summed E-state index contributed by atoms with van der Waals surface area (Å²) in [4.78, 5) is 14.9. The van der Waals surface area contributed by atoms with Crippen molar-refractivity contribution in [2.75, 3.05) is 5.32 Å². The van der Waals surface area contributed by atoms with Gasteiger partial charge in [0.15, 0.2) is 0 Å². The molecule has 2 heterocycles. The van der Waals surface area contributed by atoms with E-state index in [1.807, 2.05) is 12.1 Å². The predicted molar refractivity (Wildman–Crippen MR) is 77.2 cm³/mol. The van der Waals surface area contributed by atoms with Gasteiger partial charge in [0, 0.05) is 24.2 Å². The first-order valence-electron chi connectivity index (χ1n) is 7.33. The number of rotatable bonds is 1. The molecule has 1 unspecified atom stereocenters. The molecule has 1 N–H and O–H groups in total. The number of benzene rings is 1. The molecule has 3 nitrogen and oxygen atoms in total. The van der Waals surface area contributed by atoms with Crippen LogP contribution in [0.15, 0.2) is 24.3 Å². The quantitative estimate of drug-likeness (QED) is 0.840. The Balaban J connectivity index is 1.75. The maximum absolute atomic E-state index is 12.8. The number of carbonyl (C=O) groups excluding carboxylic acids is 1. The van der Waals surface area contributed by atoms with Crippen molar-refractivity contribution < 1.29 is 4.79 Å². The summed E-state index contributed by atoms with van der Waals surface area (Å²) in [5.41, 5.74) is 2.39. The number of nitrogens with one attached hydrogen (secondary N) is 1. The predicted octanol–water partition coefficient (Wildman–Crippen LogP) is 2.81. The molecule has 2 aliphatic rings. The molecular weight excluding hydrogens is 236 g/mol. The molecule has 0 radical (unpaired) electrons. The monoisotopic (exact) mass is 258 g/mol. The second-order valence-corrected chi connectivity index (χ2v) is 5.93. The van der Waals surface area contributed by atoms with Crippen LogP contribution in [0.5, 0.6) is 0 Å². The largest absolute Gasteiger partial charge is 0.373 e. The van der Waals surface area contributed by atoms with Gasteiger partial charge in [-0.15, -0.1) is 0 Å². The van der Waals surface area contributed by atoms with E-state index in [9.17, 15) is 4.79 Å². The number of fused-ring (bicyclic) bond motifs is 1. The van der Waals surface area contributed by atoms with Crippen molar-refractivity contribution >= 4 is 11.6 Å².